The summed E-state index contributed by atoms with van der Waals surface area (Å²) >= 11 is 5.92. The highest BCUT2D eigenvalue weighted by Gasteiger charge is 2.18. The molecule has 0 aliphatic heterocycles. The van der Waals surface area contributed by atoms with Crippen LogP contribution in [0.1, 0.15) is 32.6 Å². The molecule has 1 N–H and O–H groups in total. The van der Waals surface area contributed by atoms with Gasteiger partial charge in [-0.05, 0) is 37.0 Å². The van der Waals surface area contributed by atoms with Crippen LogP contribution in [0.25, 0.3) is 0 Å². The summed E-state index contributed by atoms with van der Waals surface area (Å²) < 4.78 is 5.91. The summed E-state index contributed by atoms with van der Waals surface area (Å²) in [6.45, 7) is 3.93. The van der Waals surface area contributed by atoms with Crippen molar-refractivity contribution in [3.8, 4) is 0 Å². The van der Waals surface area contributed by atoms with E-state index in [0.717, 1.165) is 29.8 Å². The highest BCUT2D eigenvalue weighted by atomic mass is 35.5. The molecule has 0 saturated heterocycles. The molecule has 1 aliphatic carbocycles. The van der Waals surface area contributed by atoms with Crippen LogP contribution in [0.15, 0.2) is 24.3 Å². The van der Waals surface area contributed by atoms with Gasteiger partial charge in [-0.25, -0.2) is 0 Å². The lowest BCUT2D eigenvalue weighted by Gasteiger charge is -2.26. The predicted molar refractivity (Wildman–Crippen MR) is 77.3 cm³/mol. The van der Waals surface area contributed by atoms with Gasteiger partial charge in [-0.2, -0.15) is 0 Å². The highest BCUT2D eigenvalue weighted by Crippen LogP contribution is 2.25. The summed E-state index contributed by atoms with van der Waals surface area (Å²) in [7, 11) is 0. The Morgan fingerprint density at radius 3 is 3.06 bits per heavy atom. The van der Waals surface area contributed by atoms with Gasteiger partial charge in [0.25, 0.3) is 0 Å². The Labute approximate surface area is 115 Å². The molecule has 18 heavy (non-hydrogen) atoms. The maximum absolute atomic E-state index is 5.92. The molecule has 2 nitrogen and oxygen atoms in total. The minimum Gasteiger partial charge on any atom is -0.383 e. The molecule has 0 amide bonds. The second-order valence-electron chi connectivity index (χ2n) is 5.20. The summed E-state index contributed by atoms with van der Waals surface area (Å²) in [4.78, 5) is 0. The largest absolute Gasteiger partial charge is 0.383 e. The molecule has 1 saturated carbocycles. The van der Waals surface area contributed by atoms with E-state index in [9.17, 15) is 0 Å². The predicted octanol–water partition coefficient (Wildman–Crippen LogP) is 4.35. The maximum Gasteiger partial charge on any atom is 0.0642 e. The van der Waals surface area contributed by atoms with Gasteiger partial charge in [0.1, 0.15) is 0 Å². The molecule has 1 fully saturated rings. The number of ether oxygens (including phenoxy) is 1. The average Bonchev–Trinajstić information content (AvgIpc) is 2.35. The van der Waals surface area contributed by atoms with Crippen molar-refractivity contribution in [2.45, 2.75) is 38.7 Å². The van der Waals surface area contributed by atoms with Crippen LogP contribution in [0, 0.1) is 5.92 Å². The van der Waals surface area contributed by atoms with Gasteiger partial charge < -0.3 is 10.1 Å². The third kappa shape index (κ3) is 4.51. The maximum atomic E-state index is 5.92. The number of anilines is 1. The summed E-state index contributed by atoms with van der Waals surface area (Å²) in [5.74, 6) is 0.824. The quantitative estimate of drug-likeness (QED) is 0.801. The van der Waals surface area contributed by atoms with E-state index in [0.29, 0.717) is 6.10 Å². The van der Waals surface area contributed by atoms with E-state index in [4.69, 9.17) is 16.3 Å². The molecule has 0 radical (unpaired) electrons. The second-order valence-corrected chi connectivity index (χ2v) is 5.64. The third-order valence-corrected chi connectivity index (χ3v) is 3.73. The van der Waals surface area contributed by atoms with E-state index in [1.807, 2.05) is 24.3 Å². The van der Waals surface area contributed by atoms with Crippen molar-refractivity contribution in [2.75, 3.05) is 18.5 Å². The van der Waals surface area contributed by atoms with Crippen molar-refractivity contribution in [1.29, 1.82) is 0 Å². The van der Waals surface area contributed by atoms with Crippen LogP contribution in [-0.2, 0) is 4.74 Å². The van der Waals surface area contributed by atoms with Crippen LogP contribution >= 0.6 is 11.6 Å². The first-order valence-electron chi connectivity index (χ1n) is 6.85. The zero-order chi connectivity index (χ0) is 12.8. The van der Waals surface area contributed by atoms with Crippen molar-refractivity contribution in [3.05, 3.63) is 29.3 Å². The number of rotatable bonds is 5. The number of nitrogens with one attached hydrogen (secondary N) is 1. The molecule has 3 heteroatoms. The van der Waals surface area contributed by atoms with Crippen molar-refractivity contribution in [1.82, 2.24) is 0 Å². The van der Waals surface area contributed by atoms with E-state index < -0.39 is 0 Å². The van der Waals surface area contributed by atoms with Crippen LogP contribution in [-0.4, -0.2) is 19.3 Å². The van der Waals surface area contributed by atoms with Gasteiger partial charge in [0.2, 0.25) is 0 Å². The Hall–Kier alpha value is -0.730. The topological polar surface area (TPSA) is 21.3 Å². The SMILES string of the molecule is CC1CCCC(OCCNc2cccc(Cl)c2)C1. The fourth-order valence-corrected chi connectivity index (χ4v) is 2.74. The van der Waals surface area contributed by atoms with Crippen molar-refractivity contribution >= 4 is 17.3 Å². The average molecular weight is 268 g/mol. The Morgan fingerprint density at radius 2 is 2.28 bits per heavy atom. The molecule has 2 atom stereocenters. The van der Waals surface area contributed by atoms with E-state index in [2.05, 4.69) is 12.2 Å². The Bertz CT molecular complexity index is 369. The number of halogens is 1. The Balaban J connectivity index is 1.64. The molecule has 100 valence electrons. The lowest BCUT2D eigenvalue weighted by atomic mass is 9.89. The highest BCUT2D eigenvalue weighted by molar-refractivity contribution is 6.30. The van der Waals surface area contributed by atoms with E-state index in [1.165, 1.54) is 25.7 Å². The molecule has 1 aromatic carbocycles. The van der Waals surface area contributed by atoms with Crippen LogP contribution in [0.2, 0.25) is 5.02 Å². The zero-order valence-corrected chi connectivity index (χ0v) is 11.7. The van der Waals surface area contributed by atoms with Crippen LogP contribution in [0.5, 0.6) is 0 Å². The standard InChI is InChI=1S/C15H22ClNO/c1-12-4-2-7-15(10-12)18-9-8-17-14-6-3-5-13(16)11-14/h3,5-6,11-12,15,17H,2,4,7-10H2,1H3. The summed E-state index contributed by atoms with van der Waals surface area (Å²) in [6, 6.07) is 7.79. The molecule has 0 spiro atoms. The minimum absolute atomic E-state index is 0.468. The summed E-state index contributed by atoms with van der Waals surface area (Å²) in [5.41, 5.74) is 1.06. The first-order valence-corrected chi connectivity index (χ1v) is 7.23. The molecule has 0 aromatic heterocycles. The molecular formula is C15H22ClNO. The monoisotopic (exact) mass is 267 g/mol. The van der Waals surface area contributed by atoms with Crippen LogP contribution in [0.3, 0.4) is 0 Å². The van der Waals surface area contributed by atoms with Crippen LogP contribution < -0.4 is 5.32 Å². The first-order chi connectivity index (χ1) is 8.74. The molecule has 1 aromatic rings. The molecule has 1 aliphatic rings. The fraction of sp³-hybridized carbons (Fsp3) is 0.600. The first kappa shape index (κ1) is 13.7. The van der Waals surface area contributed by atoms with Gasteiger partial charge in [-0.1, -0.05) is 37.4 Å². The van der Waals surface area contributed by atoms with Gasteiger partial charge in [-0.3, -0.25) is 0 Å². The third-order valence-electron chi connectivity index (χ3n) is 3.50. The number of benzene rings is 1. The molecular weight excluding hydrogens is 246 g/mol. The fourth-order valence-electron chi connectivity index (χ4n) is 2.55. The smallest absolute Gasteiger partial charge is 0.0642 e. The molecule has 2 unspecified atom stereocenters. The molecule has 0 heterocycles. The van der Waals surface area contributed by atoms with Crippen molar-refractivity contribution < 1.29 is 4.74 Å². The van der Waals surface area contributed by atoms with Crippen LogP contribution in [0.4, 0.5) is 5.69 Å². The second kappa shape index (κ2) is 7.01. The summed E-state index contributed by atoms with van der Waals surface area (Å²) in [5, 5.41) is 4.09. The molecule has 2 rings (SSSR count). The lowest BCUT2D eigenvalue weighted by molar-refractivity contribution is 0.0213. The normalized spacial score (nSPS) is 23.9. The number of hydrogen-bond acceptors (Lipinski definition) is 2. The Kier molecular flexibility index (Phi) is 5.33. The van der Waals surface area contributed by atoms with Gasteiger partial charge in [0, 0.05) is 17.3 Å². The van der Waals surface area contributed by atoms with E-state index in [-0.39, 0.29) is 0 Å². The van der Waals surface area contributed by atoms with E-state index in [1.54, 1.807) is 0 Å². The zero-order valence-electron chi connectivity index (χ0n) is 11.0. The van der Waals surface area contributed by atoms with Crippen molar-refractivity contribution in [2.24, 2.45) is 5.92 Å². The van der Waals surface area contributed by atoms with Crippen molar-refractivity contribution in [3.63, 3.8) is 0 Å². The van der Waals surface area contributed by atoms with Gasteiger partial charge >= 0.3 is 0 Å². The van der Waals surface area contributed by atoms with Gasteiger partial charge in [0.05, 0.1) is 12.7 Å². The Morgan fingerprint density at radius 1 is 1.39 bits per heavy atom. The van der Waals surface area contributed by atoms with Gasteiger partial charge in [-0.15, -0.1) is 0 Å². The molecule has 0 bridgehead atoms. The minimum atomic E-state index is 0.468. The van der Waals surface area contributed by atoms with Gasteiger partial charge in [0.15, 0.2) is 0 Å². The lowest BCUT2D eigenvalue weighted by Crippen LogP contribution is -2.24. The van der Waals surface area contributed by atoms with E-state index >= 15 is 0 Å². The number of hydrogen-bond donors (Lipinski definition) is 1. The summed E-state index contributed by atoms with van der Waals surface area (Å²) in [6.07, 6.45) is 5.59.